The maximum absolute atomic E-state index is 5.97. The molecule has 0 aliphatic carbocycles. The first kappa shape index (κ1) is 9.36. The second kappa shape index (κ2) is 3.61. The summed E-state index contributed by atoms with van der Waals surface area (Å²) in [6.07, 6.45) is 7.24. The topological polar surface area (TPSA) is 30.2 Å². The van der Waals surface area contributed by atoms with Crippen LogP contribution >= 0.6 is 11.6 Å². The highest BCUT2D eigenvalue weighted by molar-refractivity contribution is 6.30. The van der Waals surface area contributed by atoms with Crippen molar-refractivity contribution in [2.75, 3.05) is 0 Å². The largest absolute Gasteiger partial charge is 0.298 e. The van der Waals surface area contributed by atoms with Gasteiger partial charge < -0.3 is 0 Å². The molecule has 16 heavy (non-hydrogen) atoms. The molecule has 78 valence electrons. The van der Waals surface area contributed by atoms with Crippen LogP contribution in [-0.2, 0) is 0 Å². The summed E-state index contributed by atoms with van der Waals surface area (Å²) in [5, 5.41) is 0.690. The van der Waals surface area contributed by atoms with E-state index in [1.807, 2.05) is 47.3 Å². The predicted octanol–water partition coefficient (Wildman–Crippen LogP) is 3.05. The summed E-state index contributed by atoms with van der Waals surface area (Å²) in [4.78, 5) is 8.41. The van der Waals surface area contributed by atoms with Crippen molar-refractivity contribution in [1.82, 2.24) is 14.4 Å². The molecule has 0 amide bonds. The van der Waals surface area contributed by atoms with Crippen molar-refractivity contribution in [2.24, 2.45) is 0 Å². The first-order chi connectivity index (χ1) is 7.84. The summed E-state index contributed by atoms with van der Waals surface area (Å²) in [6.45, 7) is 0. The molecule has 4 heteroatoms. The summed E-state index contributed by atoms with van der Waals surface area (Å²) < 4.78 is 1.96. The highest BCUT2D eigenvalue weighted by atomic mass is 35.5. The number of pyridine rings is 2. The van der Waals surface area contributed by atoms with Crippen molar-refractivity contribution < 1.29 is 0 Å². The van der Waals surface area contributed by atoms with Gasteiger partial charge in [0, 0.05) is 24.2 Å². The number of nitrogens with zero attached hydrogens (tertiary/aromatic N) is 3. The lowest BCUT2D eigenvalue weighted by molar-refractivity contribution is 1.18. The zero-order valence-electron chi connectivity index (χ0n) is 8.34. The zero-order valence-corrected chi connectivity index (χ0v) is 9.09. The summed E-state index contributed by atoms with van der Waals surface area (Å²) in [6, 6.07) is 7.62. The third kappa shape index (κ3) is 1.46. The Hall–Kier alpha value is -1.87. The lowest BCUT2D eigenvalue weighted by Gasteiger charge is -2.01. The smallest absolute Gasteiger partial charge is 0.137 e. The highest BCUT2D eigenvalue weighted by Gasteiger charge is 2.05. The first-order valence-electron chi connectivity index (χ1n) is 4.87. The summed E-state index contributed by atoms with van der Waals surface area (Å²) in [5.74, 6) is 0. The van der Waals surface area contributed by atoms with Crippen molar-refractivity contribution in [2.45, 2.75) is 0 Å². The Morgan fingerprint density at radius 2 is 2.06 bits per heavy atom. The van der Waals surface area contributed by atoms with Crippen LogP contribution in [0.1, 0.15) is 0 Å². The number of rotatable bonds is 1. The van der Waals surface area contributed by atoms with Gasteiger partial charge in [0.2, 0.25) is 0 Å². The second-order valence-corrected chi connectivity index (χ2v) is 3.90. The molecule has 0 atom stereocenters. The Balaban J connectivity index is 2.29. The molecule has 0 aliphatic heterocycles. The highest BCUT2D eigenvalue weighted by Crippen LogP contribution is 2.21. The van der Waals surface area contributed by atoms with E-state index in [4.69, 9.17) is 11.6 Å². The van der Waals surface area contributed by atoms with Crippen LogP contribution in [0.3, 0.4) is 0 Å². The number of hydrogen-bond donors (Lipinski definition) is 0. The maximum atomic E-state index is 5.97. The normalized spacial score (nSPS) is 10.8. The molecule has 0 bridgehead atoms. The van der Waals surface area contributed by atoms with Gasteiger partial charge in [-0.05, 0) is 24.3 Å². The van der Waals surface area contributed by atoms with Gasteiger partial charge in [-0.25, -0.2) is 4.98 Å². The van der Waals surface area contributed by atoms with Crippen LogP contribution in [-0.4, -0.2) is 14.4 Å². The van der Waals surface area contributed by atoms with E-state index in [-0.39, 0.29) is 0 Å². The van der Waals surface area contributed by atoms with E-state index in [1.165, 1.54) is 0 Å². The molecule has 0 saturated carbocycles. The fraction of sp³-hybridized carbons (Fsp3) is 0. The number of halogens is 1. The standard InChI is InChI=1S/C12H8ClN3/c13-10-3-4-12-15-7-11(16(12)8-10)9-2-1-5-14-6-9/h1-8H. The Bertz CT molecular complexity index is 631. The van der Waals surface area contributed by atoms with Gasteiger partial charge in [-0.2, -0.15) is 0 Å². The van der Waals surface area contributed by atoms with E-state index in [0.29, 0.717) is 5.02 Å². The van der Waals surface area contributed by atoms with Gasteiger partial charge in [0.1, 0.15) is 5.65 Å². The van der Waals surface area contributed by atoms with E-state index in [2.05, 4.69) is 9.97 Å². The molecule has 0 radical (unpaired) electrons. The molecule has 0 saturated heterocycles. The number of aromatic nitrogens is 3. The van der Waals surface area contributed by atoms with Gasteiger partial charge in [-0.15, -0.1) is 0 Å². The number of imidazole rings is 1. The molecule has 3 aromatic heterocycles. The first-order valence-corrected chi connectivity index (χ1v) is 5.25. The summed E-state index contributed by atoms with van der Waals surface area (Å²) >= 11 is 5.97. The average Bonchev–Trinajstić information content (AvgIpc) is 2.73. The fourth-order valence-corrected chi connectivity index (χ4v) is 1.84. The van der Waals surface area contributed by atoms with E-state index in [9.17, 15) is 0 Å². The molecular formula is C12H8ClN3. The molecule has 3 aromatic rings. The van der Waals surface area contributed by atoms with Crippen LogP contribution in [0.2, 0.25) is 5.02 Å². The van der Waals surface area contributed by atoms with Crippen LogP contribution in [0.4, 0.5) is 0 Å². The molecule has 0 aliphatic rings. The molecule has 0 fully saturated rings. The Labute approximate surface area is 97.3 Å². The predicted molar refractivity (Wildman–Crippen MR) is 63.4 cm³/mol. The minimum Gasteiger partial charge on any atom is -0.298 e. The van der Waals surface area contributed by atoms with Crippen molar-refractivity contribution in [3.63, 3.8) is 0 Å². The molecule has 0 unspecified atom stereocenters. The van der Waals surface area contributed by atoms with Crippen LogP contribution < -0.4 is 0 Å². The summed E-state index contributed by atoms with van der Waals surface area (Å²) in [5.41, 5.74) is 2.89. The van der Waals surface area contributed by atoms with Crippen LogP contribution in [0.5, 0.6) is 0 Å². The lowest BCUT2D eigenvalue weighted by Crippen LogP contribution is -1.88. The van der Waals surface area contributed by atoms with Crippen LogP contribution in [0.25, 0.3) is 16.9 Å². The lowest BCUT2D eigenvalue weighted by atomic mass is 10.2. The van der Waals surface area contributed by atoms with Gasteiger partial charge in [0.15, 0.2) is 0 Å². The van der Waals surface area contributed by atoms with Crippen molar-refractivity contribution in [3.05, 3.63) is 54.1 Å². The Morgan fingerprint density at radius 3 is 2.88 bits per heavy atom. The van der Waals surface area contributed by atoms with Gasteiger partial charge in [-0.1, -0.05) is 11.6 Å². The summed E-state index contributed by atoms with van der Waals surface area (Å²) in [7, 11) is 0. The van der Waals surface area contributed by atoms with Crippen LogP contribution in [0, 0.1) is 0 Å². The van der Waals surface area contributed by atoms with Gasteiger partial charge in [0.05, 0.1) is 16.9 Å². The monoisotopic (exact) mass is 229 g/mol. The molecule has 0 aromatic carbocycles. The number of hydrogen-bond acceptors (Lipinski definition) is 2. The van der Waals surface area contributed by atoms with Gasteiger partial charge in [0.25, 0.3) is 0 Å². The maximum Gasteiger partial charge on any atom is 0.137 e. The van der Waals surface area contributed by atoms with Gasteiger partial charge in [-0.3, -0.25) is 9.38 Å². The van der Waals surface area contributed by atoms with E-state index in [0.717, 1.165) is 16.9 Å². The minimum atomic E-state index is 0.690. The second-order valence-electron chi connectivity index (χ2n) is 3.46. The SMILES string of the molecule is Clc1ccc2ncc(-c3cccnc3)n2c1. The van der Waals surface area contributed by atoms with E-state index < -0.39 is 0 Å². The fourth-order valence-electron chi connectivity index (χ4n) is 1.68. The Kier molecular flexibility index (Phi) is 2.11. The Morgan fingerprint density at radius 1 is 1.12 bits per heavy atom. The van der Waals surface area contributed by atoms with Crippen molar-refractivity contribution >= 4 is 17.2 Å². The molecule has 0 N–H and O–H groups in total. The van der Waals surface area contributed by atoms with Gasteiger partial charge >= 0.3 is 0 Å². The molecule has 3 rings (SSSR count). The number of fused-ring (bicyclic) bond motifs is 1. The third-order valence-corrected chi connectivity index (χ3v) is 2.65. The van der Waals surface area contributed by atoms with Crippen LogP contribution in [0.15, 0.2) is 49.1 Å². The minimum absolute atomic E-state index is 0.690. The molecule has 3 nitrogen and oxygen atoms in total. The van der Waals surface area contributed by atoms with Crippen molar-refractivity contribution in [3.8, 4) is 11.3 Å². The molecular weight excluding hydrogens is 222 g/mol. The molecule has 3 heterocycles. The van der Waals surface area contributed by atoms with E-state index in [1.54, 1.807) is 6.20 Å². The average molecular weight is 230 g/mol. The van der Waals surface area contributed by atoms with Crippen molar-refractivity contribution in [1.29, 1.82) is 0 Å². The van der Waals surface area contributed by atoms with E-state index >= 15 is 0 Å². The molecule has 0 spiro atoms. The zero-order chi connectivity index (χ0) is 11.0. The quantitative estimate of drug-likeness (QED) is 0.642. The third-order valence-electron chi connectivity index (χ3n) is 2.43.